The third-order valence-electron chi connectivity index (χ3n) is 5.28. The van der Waals surface area contributed by atoms with Crippen LogP contribution in [0, 0.1) is 0 Å². The molecule has 0 spiro atoms. The fourth-order valence-corrected chi connectivity index (χ4v) is 3.83. The summed E-state index contributed by atoms with van der Waals surface area (Å²) in [5, 5.41) is 0.642. The van der Waals surface area contributed by atoms with Gasteiger partial charge in [-0.3, -0.25) is 9.69 Å². The average Bonchev–Trinajstić information content (AvgIpc) is 2.79. The summed E-state index contributed by atoms with van der Waals surface area (Å²) in [6.07, 6.45) is 0. The van der Waals surface area contributed by atoms with E-state index >= 15 is 0 Å². The fraction of sp³-hybridized carbons (Fsp3) is 0.240. The molecule has 0 N–H and O–H groups in total. The Bertz CT molecular complexity index is 985. The number of nitrogens with zero attached hydrogens (tertiary/aromatic N) is 2. The quantitative estimate of drug-likeness (QED) is 0.570. The second kappa shape index (κ2) is 9.79. The average molecular weight is 421 g/mol. The molecule has 0 radical (unpaired) electrons. The number of amides is 1. The standard InChI is InChI=1S/C25H25ClN2O2/c26-23-10-5-11-24(17-23)30-19-21-8-4-9-22(16-21)25(29)28-14-12-27(13-15-28)18-20-6-2-1-3-7-20/h1-11,16-17H,12-15,18-19H2. The highest BCUT2D eigenvalue weighted by molar-refractivity contribution is 6.30. The first-order chi connectivity index (χ1) is 14.7. The van der Waals surface area contributed by atoms with Crippen LogP contribution in [0.2, 0.25) is 5.02 Å². The molecule has 4 nitrogen and oxygen atoms in total. The van der Waals surface area contributed by atoms with E-state index in [0.29, 0.717) is 22.9 Å². The Kier molecular flexibility index (Phi) is 6.67. The number of carbonyl (C=O) groups excluding carboxylic acids is 1. The summed E-state index contributed by atoms with van der Waals surface area (Å²) in [6.45, 7) is 4.59. The molecule has 0 aliphatic carbocycles. The van der Waals surface area contributed by atoms with Crippen molar-refractivity contribution in [3.05, 3.63) is 101 Å². The van der Waals surface area contributed by atoms with Crippen molar-refractivity contribution in [3.8, 4) is 5.75 Å². The van der Waals surface area contributed by atoms with Crippen molar-refractivity contribution >= 4 is 17.5 Å². The van der Waals surface area contributed by atoms with Crippen LogP contribution in [0.4, 0.5) is 0 Å². The van der Waals surface area contributed by atoms with Crippen LogP contribution >= 0.6 is 11.6 Å². The molecule has 3 aromatic carbocycles. The van der Waals surface area contributed by atoms with Gasteiger partial charge in [-0.25, -0.2) is 0 Å². The monoisotopic (exact) mass is 420 g/mol. The summed E-state index contributed by atoms with van der Waals surface area (Å²) in [4.78, 5) is 17.3. The van der Waals surface area contributed by atoms with E-state index in [9.17, 15) is 4.79 Å². The fourth-order valence-electron chi connectivity index (χ4n) is 3.65. The lowest BCUT2D eigenvalue weighted by atomic mass is 10.1. The van der Waals surface area contributed by atoms with Crippen molar-refractivity contribution in [3.63, 3.8) is 0 Å². The van der Waals surface area contributed by atoms with Crippen LogP contribution in [-0.2, 0) is 13.2 Å². The summed E-state index contributed by atoms with van der Waals surface area (Å²) >= 11 is 6.00. The Balaban J connectivity index is 1.32. The minimum Gasteiger partial charge on any atom is -0.489 e. The molecule has 0 atom stereocenters. The molecule has 0 bridgehead atoms. The van der Waals surface area contributed by atoms with Gasteiger partial charge in [0.05, 0.1) is 0 Å². The summed E-state index contributed by atoms with van der Waals surface area (Å²) < 4.78 is 5.81. The third-order valence-corrected chi connectivity index (χ3v) is 5.52. The first-order valence-electron chi connectivity index (χ1n) is 10.2. The lowest BCUT2D eigenvalue weighted by Crippen LogP contribution is -2.48. The molecule has 5 heteroatoms. The van der Waals surface area contributed by atoms with Gasteiger partial charge in [0.15, 0.2) is 0 Å². The number of halogens is 1. The van der Waals surface area contributed by atoms with Crippen molar-refractivity contribution in [2.24, 2.45) is 0 Å². The molecule has 30 heavy (non-hydrogen) atoms. The Morgan fingerprint density at radius 1 is 0.833 bits per heavy atom. The van der Waals surface area contributed by atoms with Gasteiger partial charge in [-0.05, 0) is 41.5 Å². The van der Waals surface area contributed by atoms with Crippen molar-refractivity contribution < 1.29 is 9.53 Å². The van der Waals surface area contributed by atoms with Crippen molar-refractivity contribution in [2.45, 2.75) is 13.2 Å². The topological polar surface area (TPSA) is 32.8 Å². The highest BCUT2D eigenvalue weighted by Gasteiger charge is 2.22. The molecule has 0 saturated carbocycles. The van der Waals surface area contributed by atoms with Gasteiger partial charge in [-0.2, -0.15) is 0 Å². The molecule has 4 rings (SSSR count). The smallest absolute Gasteiger partial charge is 0.253 e. The summed E-state index contributed by atoms with van der Waals surface area (Å²) in [6, 6.07) is 25.5. The predicted octanol–water partition coefficient (Wildman–Crippen LogP) is 4.88. The summed E-state index contributed by atoms with van der Waals surface area (Å²) in [5.74, 6) is 0.799. The maximum absolute atomic E-state index is 13.0. The van der Waals surface area contributed by atoms with E-state index in [2.05, 4.69) is 29.2 Å². The van der Waals surface area contributed by atoms with Gasteiger partial charge >= 0.3 is 0 Å². The largest absolute Gasteiger partial charge is 0.489 e. The molecule has 154 valence electrons. The van der Waals surface area contributed by atoms with E-state index in [-0.39, 0.29) is 5.91 Å². The van der Waals surface area contributed by atoms with Crippen LogP contribution in [0.3, 0.4) is 0 Å². The van der Waals surface area contributed by atoms with Gasteiger partial charge < -0.3 is 9.64 Å². The van der Waals surface area contributed by atoms with Gasteiger partial charge in [0.1, 0.15) is 12.4 Å². The first kappa shape index (κ1) is 20.5. The summed E-state index contributed by atoms with van der Waals surface area (Å²) in [7, 11) is 0. The molecule has 1 fully saturated rings. The molecule has 1 aliphatic rings. The van der Waals surface area contributed by atoms with Crippen LogP contribution in [0.15, 0.2) is 78.9 Å². The van der Waals surface area contributed by atoms with Crippen LogP contribution in [0.1, 0.15) is 21.5 Å². The van der Waals surface area contributed by atoms with E-state index in [1.54, 1.807) is 6.07 Å². The van der Waals surface area contributed by atoms with Crippen molar-refractivity contribution in [1.82, 2.24) is 9.80 Å². The number of hydrogen-bond acceptors (Lipinski definition) is 3. The normalized spacial score (nSPS) is 14.5. The zero-order valence-corrected chi connectivity index (χ0v) is 17.6. The second-order valence-electron chi connectivity index (χ2n) is 7.50. The minimum absolute atomic E-state index is 0.0824. The molecular weight excluding hydrogens is 396 g/mol. The Morgan fingerprint density at radius 2 is 1.57 bits per heavy atom. The molecule has 3 aromatic rings. The molecule has 1 aliphatic heterocycles. The molecule has 1 saturated heterocycles. The Labute approximate surface area is 182 Å². The lowest BCUT2D eigenvalue weighted by Gasteiger charge is -2.34. The van der Waals surface area contributed by atoms with Crippen LogP contribution in [0.5, 0.6) is 5.75 Å². The van der Waals surface area contributed by atoms with Gasteiger partial charge in [-0.15, -0.1) is 0 Å². The van der Waals surface area contributed by atoms with E-state index in [0.717, 1.165) is 38.3 Å². The first-order valence-corrected chi connectivity index (χ1v) is 10.6. The van der Waals surface area contributed by atoms with Gasteiger partial charge in [0.25, 0.3) is 5.91 Å². The molecule has 1 amide bonds. The number of benzene rings is 3. The number of carbonyl (C=O) groups is 1. The van der Waals surface area contributed by atoms with E-state index in [4.69, 9.17) is 16.3 Å². The Morgan fingerprint density at radius 3 is 2.33 bits per heavy atom. The van der Waals surface area contributed by atoms with Gasteiger partial charge in [0, 0.05) is 43.3 Å². The second-order valence-corrected chi connectivity index (χ2v) is 7.94. The van der Waals surface area contributed by atoms with Crippen LogP contribution in [0.25, 0.3) is 0 Å². The maximum atomic E-state index is 13.0. The predicted molar refractivity (Wildman–Crippen MR) is 120 cm³/mol. The van der Waals surface area contributed by atoms with Crippen LogP contribution < -0.4 is 4.74 Å². The zero-order chi connectivity index (χ0) is 20.8. The van der Waals surface area contributed by atoms with E-state index in [1.807, 2.05) is 53.4 Å². The number of rotatable bonds is 6. The minimum atomic E-state index is 0.0824. The van der Waals surface area contributed by atoms with Crippen LogP contribution in [-0.4, -0.2) is 41.9 Å². The third kappa shape index (κ3) is 5.41. The molecule has 1 heterocycles. The highest BCUT2D eigenvalue weighted by Crippen LogP contribution is 2.19. The number of hydrogen-bond donors (Lipinski definition) is 0. The van der Waals surface area contributed by atoms with Crippen molar-refractivity contribution in [1.29, 1.82) is 0 Å². The van der Waals surface area contributed by atoms with E-state index < -0.39 is 0 Å². The number of piperazine rings is 1. The molecule has 0 aromatic heterocycles. The Hall–Kier alpha value is -2.82. The van der Waals surface area contributed by atoms with Crippen molar-refractivity contribution in [2.75, 3.05) is 26.2 Å². The lowest BCUT2D eigenvalue weighted by molar-refractivity contribution is 0.0628. The molecule has 0 unspecified atom stereocenters. The number of ether oxygens (including phenoxy) is 1. The highest BCUT2D eigenvalue weighted by atomic mass is 35.5. The summed E-state index contributed by atoms with van der Waals surface area (Å²) in [5.41, 5.74) is 2.98. The van der Waals surface area contributed by atoms with Gasteiger partial charge in [-0.1, -0.05) is 60.1 Å². The maximum Gasteiger partial charge on any atom is 0.253 e. The van der Waals surface area contributed by atoms with E-state index in [1.165, 1.54) is 5.56 Å². The molecular formula is C25H25ClN2O2. The SMILES string of the molecule is O=C(c1cccc(COc2cccc(Cl)c2)c1)N1CCN(Cc2ccccc2)CC1. The zero-order valence-electron chi connectivity index (χ0n) is 16.8. The van der Waals surface area contributed by atoms with Gasteiger partial charge in [0.2, 0.25) is 0 Å².